The molecule has 94 valence electrons. The van der Waals surface area contributed by atoms with Gasteiger partial charge in [0.25, 0.3) is 0 Å². The molecule has 0 saturated carbocycles. The largest absolute Gasteiger partial charge is 0.464 e. The van der Waals surface area contributed by atoms with Crippen LogP contribution in [-0.2, 0) is 4.74 Å². The fourth-order valence-corrected chi connectivity index (χ4v) is 2.43. The van der Waals surface area contributed by atoms with Gasteiger partial charge in [-0.25, -0.2) is 9.78 Å². The van der Waals surface area contributed by atoms with Crippen LogP contribution in [0.4, 0.5) is 5.82 Å². The van der Waals surface area contributed by atoms with Crippen molar-refractivity contribution in [1.82, 2.24) is 9.55 Å². The van der Waals surface area contributed by atoms with Gasteiger partial charge in [0.2, 0.25) is 0 Å². The van der Waals surface area contributed by atoms with Crippen LogP contribution in [0.2, 0.25) is 5.02 Å². The summed E-state index contributed by atoms with van der Waals surface area (Å²) >= 11 is 8.29. The summed E-state index contributed by atoms with van der Waals surface area (Å²) < 4.78 is 7.14. The van der Waals surface area contributed by atoms with Crippen molar-refractivity contribution in [3.05, 3.63) is 38.8 Å². The lowest BCUT2D eigenvalue weighted by Crippen LogP contribution is -2.07. The molecule has 2 aromatic rings. The predicted octanol–water partition coefficient (Wildman–Crippen LogP) is 2.50. The number of esters is 1. The average Bonchev–Trinajstić information content (AvgIpc) is 2.70. The maximum atomic E-state index is 11.4. The Morgan fingerprint density at radius 3 is 2.89 bits per heavy atom. The highest BCUT2D eigenvalue weighted by Crippen LogP contribution is 2.26. The normalized spacial score (nSPS) is 10.4. The van der Waals surface area contributed by atoms with E-state index in [0.29, 0.717) is 10.7 Å². The Hall–Kier alpha value is -1.28. The maximum Gasteiger partial charge on any atom is 0.360 e. The lowest BCUT2D eigenvalue weighted by molar-refractivity contribution is 0.0596. The molecule has 18 heavy (non-hydrogen) atoms. The molecule has 0 aliphatic carbocycles. The molecule has 1 aromatic heterocycles. The molecule has 0 atom stereocenters. The number of nitrogens with two attached hydrogens (primary N) is 1. The second-order valence-corrected chi connectivity index (χ2v) is 5.09. The maximum absolute atomic E-state index is 11.4. The zero-order valence-electron chi connectivity index (χ0n) is 9.35. The van der Waals surface area contributed by atoms with Crippen molar-refractivity contribution >= 4 is 46.0 Å². The van der Waals surface area contributed by atoms with Crippen LogP contribution in [-0.4, -0.2) is 22.6 Å². The van der Waals surface area contributed by atoms with Gasteiger partial charge in [-0.15, -0.1) is 0 Å². The van der Waals surface area contributed by atoms with Gasteiger partial charge in [-0.2, -0.15) is 0 Å². The van der Waals surface area contributed by atoms with Crippen LogP contribution in [0, 0.1) is 3.57 Å². The van der Waals surface area contributed by atoms with E-state index < -0.39 is 5.97 Å². The Balaban J connectivity index is 2.52. The SMILES string of the molecule is COC(=O)c1ncn(-c2ccc(I)cc2Cl)c1N. The van der Waals surface area contributed by atoms with Gasteiger partial charge < -0.3 is 10.5 Å². The van der Waals surface area contributed by atoms with E-state index in [9.17, 15) is 4.79 Å². The summed E-state index contributed by atoms with van der Waals surface area (Å²) in [6.07, 6.45) is 1.44. The molecule has 0 bridgehead atoms. The number of ether oxygens (including phenoxy) is 1. The molecular weight excluding hydrogens is 368 g/mol. The highest BCUT2D eigenvalue weighted by molar-refractivity contribution is 14.1. The van der Waals surface area contributed by atoms with Gasteiger partial charge in [-0.3, -0.25) is 4.57 Å². The Morgan fingerprint density at radius 2 is 2.28 bits per heavy atom. The van der Waals surface area contributed by atoms with E-state index in [-0.39, 0.29) is 11.5 Å². The fourth-order valence-electron chi connectivity index (χ4n) is 1.48. The number of hydrogen-bond acceptors (Lipinski definition) is 4. The zero-order valence-corrected chi connectivity index (χ0v) is 12.3. The van der Waals surface area contributed by atoms with Gasteiger partial charge >= 0.3 is 5.97 Å². The highest BCUT2D eigenvalue weighted by Gasteiger charge is 2.17. The molecule has 0 unspecified atom stereocenters. The lowest BCUT2D eigenvalue weighted by atomic mass is 10.3. The molecular formula is C11H9ClIN3O2. The number of benzene rings is 1. The van der Waals surface area contributed by atoms with Gasteiger partial charge in [-0.1, -0.05) is 11.6 Å². The van der Waals surface area contributed by atoms with Crippen molar-refractivity contribution in [2.75, 3.05) is 12.8 Å². The Morgan fingerprint density at radius 1 is 1.56 bits per heavy atom. The highest BCUT2D eigenvalue weighted by atomic mass is 127. The molecule has 1 aromatic carbocycles. The van der Waals surface area contributed by atoms with Crippen molar-refractivity contribution in [2.45, 2.75) is 0 Å². The van der Waals surface area contributed by atoms with Crippen LogP contribution in [0.1, 0.15) is 10.5 Å². The van der Waals surface area contributed by atoms with Gasteiger partial charge in [0.15, 0.2) is 5.69 Å². The number of rotatable bonds is 2. The monoisotopic (exact) mass is 377 g/mol. The number of methoxy groups -OCH3 is 1. The molecule has 0 aliphatic heterocycles. The third-order valence-electron chi connectivity index (χ3n) is 2.35. The first-order valence-electron chi connectivity index (χ1n) is 4.91. The summed E-state index contributed by atoms with van der Waals surface area (Å²) in [5.41, 5.74) is 6.60. The molecule has 7 heteroatoms. The van der Waals surface area contributed by atoms with E-state index in [1.807, 2.05) is 12.1 Å². The van der Waals surface area contributed by atoms with Crippen molar-refractivity contribution in [3.63, 3.8) is 0 Å². The van der Waals surface area contributed by atoms with Crippen LogP contribution >= 0.6 is 34.2 Å². The Labute approximate surface area is 122 Å². The Kier molecular flexibility index (Phi) is 3.76. The molecule has 0 saturated heterocycles. The number of anilines is 1. The second kappa shape index (κ2) is 5.15. The van der Waals surface area contributed by atoms with Gasteiger partial charge in [0.05, 0.1) is 17.8 Å². The van der Waals surface area contributed by atoms with Crippen molar-refractivity contribution in [1.29, 1.82) is 0 Å². The van der Waals surface area contributed by atoms with Crippen LogP contribution in [0.5, 0.6) is 0 Å². The number of carbonyl (C=O) groups excluding carboxylic acids is 1. The van der Waals surface area contributed by atoms with Crippen LogP contribution < -0.4 is 5.73 Å². The fraction of sp³-hybridized carbons (Fsp3) is 0.0909. The number of carbonyl (C=O) groups is 1. The van der Waals surface area contributed by atoms with Gasteiger partial charge in [-0.05, 0) is 40.8 Å². The minimum Gasteiger partial charge on any atom is -0.464 e. The first-order chi connectivity index (χ1) is 8.54. The molecule has 0 aliphatic rings. The summed E-state index contributed by atoms with van der Waals surface area (Å²) in [4.78, 5) is 15.3. The minimum absolute atomic E-state index is 0.0760. The molecule has 0 fully saturated rings. The molecule has 1 heterocycles. The third-order valence-corrected chi connectivity index (χ3v) is 3.33. The summed E-state index contributed by atoms with van der Waals surface area (Å²) in [7, 11) is 1.28. The van der Waals surface area contributed by atoms with Crippen LogP contribution in [0.25, 0.3) is 5.69 Å². The van der Waals surface area contributed by atoms with Crippen LogP contribution in [0.3, 0.4) is 0 Å². The average molecular weight is 378 g/mol. The summed E-state index contributed by atoms with van der Waals surface area (Å²) in [5.74, 6) is -0.377. The number of nitrogen functional groups attached to an aromatic ring is 1. The van der Waals surface area contributed by atoms with E-state index in [1.54, 1.807) is 10.6 Å². The predicted molar refractivity (Wildman–Crippen MR) is 77.0 cm³/mol. The van der Waals surface area contributed by atoms with Crippen molar-refractivity contribution in [3.8, 4) is 5.69 Å². The van der Waals surface area contributed by atoms with Gasteiger partial charge in [0, 0.05) is 3.57 Å². The zero-order chi connectivity index (χ0) is 13.3. The quantitative estimate of drug-likeness (QED) is 0.645. The number of nitrogens with zero attached hydrogens (tertiary/aromatic N) is 2. The minimum atomic E-state index is -0.576. The molecule has 0 spiro atoms. The second-order valence-electron chi connectivity index (χ2n) is 3.44. The third kappa shape index (κ3) is 2.30. The summed E-state index contributed by atoms with van der Waals surface area (Å²) in [6, 6.07) is 5.50. The van der Waals surface area contributed by atoms with Crippen LogP contribution in [0.15, 0.2) is 24.5 Å². The van der Waals surface area contributed by atoms with E-state index in [2.05, 4.69) is 32.3 Å². The topological polar surface area (TPSA) is 70.1 Å². The smallest absolute Gasteiger partial charge is 0.360 e. The standard InChI is InChI=1S/C11H9ClIN3O2/c1-18-11(17)9-10(14)16(5-15-9)8-3-2-6(13)4-7(8)12/h2-5H,14H2,1H3. The van der Waals surface area contributed by atoms with Gasteiger partial charge in [0.1, 0.15) is 12.1 Å². The summed E-state index contributed by atoms with van der Waals surface area (Å²) in [5, 5.41) is 0.530. The first-order valence-corrected chi connectivity index (χ1v) is 6.37. The number of imidazole rings is 1. The molecule has 0 radical (unpaired) electrons. The molecule has 5 nitrogen and oxygen atoms in total. The molecule has 0 amide bonds. The number of hydrogen-bond donors (Lipinski definition) is 1. The Bertz CT molecular complexity index is 612. The van der Waals surface area contributed by atoms with Crippen molar-refractivity contribution < 1.29 is 9.53 Å². The van der Waals surface area contributed by atoms with E-state index in [0.717, 1.165) is 3.57 Å². The summed E-state index contributed by atoms with van der Waals surface area (Å²) in [6.45, 7) is 0. The lowest BCUT2D eigenvalue weighted by Gasteiger charge is -2.07. The van der Waals surface area contributed by atoms with Crippen molar-refractivity contribution in [2.24, 2.45) is 0 Å². The number of aromatic nitrogens is 2. The number of halogens is 2. The molecule has 2 N–H and O–H groups in total. The van der Waals surface area contributed by atoms with E-state index in [4.69, 9.17) is 17.3 Å². The first kappa shape index (κ1) is 13.2. The molecule has 2 rings (SSSR count). The van der Waals surface area contributed by atoms with E-state index >= 15 is 0 Å². The van der Waals surface area contributed by atoms with E-state index in [1.165, 1.54) is 13.4 Å².